The van der Waals surface area contributed by atoms with Gasteiger partial charge in [0.15, 0.2) is 0 Å². The average molecular weight is 213 g/mol. The summed E-state index contributed by atoms with van der Waals surface area (Å²) >= 11 is 5.92. The quantitative estimate of drug-likeness (QED) is 0.805. The summed E-state index contributed by atoms with van der Waals surface area (Å²) in [4.78, 5) is 10.8. The van der Waals surface area contributed by atoms with Gasteiger partial charge in [-0.3, -0.25) is 4.79 Å². The van der Waals surface area contributed by atoms with E-state index >= 15 is 0 Å². The molecule has 0 aromatic heterocycles. The van der Waals surface area contributed by atoms with Crippen LogP contribution in [-0.2, 0) is 4.79 Å². The first kappa shape index (κ1) is 10.9. The number of benzene rings is 1. The predicted octanol–water partition coefficient (Wildman–Crippen LogP) is 1.93. The lowest BCUT2D eigenvalue weighted by atomic mass is 10.2. The van der Waals surface area contributed by atoms with Crippen LogP contribution in [0.4, 0.5) is 5.69 Å². The number of hydrogen-bond acceptors (Lipinski definition) is 2. The maximum atomic E-state index is 10.8. The van der Waals surface area contributed by atoms with E-state index in [1.54, 1.807) is 13.0 Å². The molecule has 76 valence electrons. The standard InChI is InChI=1S/C10H13ClN2O/c1-6-3-4-8(5-9(6)11)13-7(2)10(12)14/h3-5,7,13H,1-2H3,(H2,12,14). The number of anilines is 1. The van der Waals surface area contributed by atoms with Crippen LogP contribution in [0.3, 0.4) is 0 Å². The van der Waals surface area contributed by atoms with E-state index in [1.165, 1.54) is 0 Å². The van der Waals surface area contributed by atoms with Crippen LogP contribution < -0.4 is 11.1 Å². The van der Waals surface area contributed by atoms with Crippen molar-refractivity contribution < 1.29 is 4.79 Å². The maximum absolute atomic E-state index is 10.8. The molecule has 0 saturated carbocycles. The molecule has 1 aromatic carbocycles. The van der Waals surface area contributed by atoms with Crippen LogP contribution in [0.25, 0.3) is 0 Å². The number of amides is 1. The van der Waals surface area contributed by atoms with Gasteiger partial charge in [0.2, 0.25) is 5.91 Å². The van der Waals surface area contributed by atoms with E-state index in [2.05, 4.69) is 5.32 Å². The summed E-state index contributed by atoms with van der Waals surface area (Å²) in [6, 6.07) is 5.13. The Kier molecular flexibility index (Phi) is 3.36. The van der Waals surface area contributed by atoms with Crippen molar-refractivity contribution in [3.63, 3.8) is 0 Å². The second kappa shape index (κ2) is 4.33. The Hall–Kier alpha value is -1.22. The third-order valence-electron chi connectivity index (χ3n) is 1.98. The van der Waals surface area contributed by atoms with Crippen LogP contribution in [0.2, 0.25) is 5.02 Å². The number of aryl methyl sites for hydroxylation is 1. The van der Waals surface area contributed by atoms with Crippen molar-refractivity contribution in [2.45, 2.75) is 19.9 Å². The highest BCUT2D eigenvalue weighted by Crippen LogP contribution is 2.20. The van der Waals surface area contributed by atoms with Crippen molar-refractivity contribution >= 4 is 23.2 Å². The molecule has 14 heavy (non-hydrogen) atoms. The molecule has 4 heteroatoms. The topological polar surface area (TPSA) is 55.1 Å². The van der Waals surface area contributed by atoms with Crippen molar-refractivity contribution in [3.05, 3.63) is 28.8 Å². The molecule has 0 aliphatic rings. The smallest absolute Gasteiger partial charge is 0.239 e. The molecule has 0 fully saturated rings. The molecule has 0 bridgehead atoms. The number of halogens is 1. The van der Waals surface area contributed by atoms with Crippen molar-refractivity contribution in [1.29, 1.82) is 0 Å². The number of carbonyl (C=O) groups is 1. The van der Waals surface area contributed by atoms with E-state index in [4.69, 9.17) is 17.3 Å². The molecule has 1 atom stereocenters. The fraction of sp³-hybridized carbons (Fsp3) is 0.300. The average Bonchev–Trinajstić information content (AvgIpc) is 2.11. The monoisotopic (exact) mass is 212 g/mol. The van der Waals surface area contributed by atoms with Crippen molar-refractivity contribution in [2.24, 2.45) is 5.73 Å². The molecule has 0 saturated heterocycles. The molecule has 1 aromatic rings. The van der Waals surface area contributed by atoms with Crippen LogP contribution in [0.1, 0.15) is 12.5 Å². The Morgan fingerprint density at radius 2 is 2.21 bits per heavy atom. The van der Waals surface area contributed by atoms with Gasteiger partial charge in [-0.1, -0.05) is 17.7 Å². The summed E-state index contributed by atoms with van der Waals surface area (Å²) in [6.45, 7) is 3.62. The first-order chi connectivity index (χ1) is 6.50. The maximum Gasteiger partial charge on any atom is 0.239 e. The van der Waals surface area contributed by atoms with Gasteiger partial charge in [-0.25, -0.2) is 0 Å². The highest BCUT2D eigenvalue weighted by atomic mass is 35.5. The lowest BCUT2D eigenvalue weighted by molar-refractivity contribution is -0.118. The molecule has 1 rings (SSSR count). The first-order valence-electron chi connectivity index (χ1n) is 4.32. The number of primary amides is 1. The van der Waals surface area contributed by atoms with Gasteiger partial charge in [-0.2, -0.15) is 0 Å². The molecule has 0 heterocycles. The number of rotatable bonds is 3. The minimum absolute atomic E-state index is 0.387. The molecule has 1 amide bonds. The minimum Gasteiger partial charge on any atom is -0.374 e. The van der Waals surface area contributed by atoms with Gasteiger partial charge >= 0.3 is 0 Å². The fourth-order valence-electron chi connectivity index (χ4n) is 1.00. The largest absolute Gasteiger partial charge is 0.374 e. The normalized spacial score (nSPS) is 12.2. The molecule has 0 aliphatic heterocycles. The van der Waals surface area contributed by atoms with Crippen LogP contribution in [-0.4, -0.2) is 11.9 Å². The summed E-state index contributed by atoms with van der Waals surface area (Å²) in [5, 5.41) is 3.62. The zero-order valence-electron chi connectivity index (χ0n) is 8.17. The molecule has 0 aliphatic carbocycles. The van der Waals surface area contributed by atoms with Gasteiger partial charge in [-0.15, -0.1) is 0 Å². The van der Waals surface area contributed by atoms with Crippen LogP contribution in [0, 0.1) is 6.92 Å². The highest BCUT2D eigenvalue weighted by molar-refractivity contribution is 6.31. The minimum atomic E-state index is -0.395. The van der Waals surface area contributed by atoms with E-state index < -0.39 is 6.04 Å². The van der Waals surface area contributed by atoms with E-state index in [-0.39, 0.29) is 5.91 Å². The zero-order valence-corrected chi connectivity index (χ0v) is 8.93. The second-order valence-electron chi connectivity index (χ2n) is 3.23. The fourth-order valence-corrected chi connectivity index (χ4v) is 1.18. The van der Waals surface area contributed by atoms with Crippen LogP contribution in [0.5, 0.6) is 0 Å². The van der Waals surface area contributed by atoms with E-state index in [0.717, 1.165) is 11.3 Å². The molecule has 1 unspecified atom stereocenters. The highest BCUT2D eigenvalue weighted by Gasteiger charge is 2.07. The van der Waals surface area contributed by atoms with Crippen molar-refractivity contribution in [2.75, 3.05) is 5.32 Å². The molecule has 0 radical (unpaired) electrons. The SMILES string of the molecule is Cc1ccc(NC(C)C(N)=O)cc1Cl. The summed E-state index contributed by atoms with van der Waals surface area (Å²) in [5.74, 6) is -0.387. The number of hydrogen-bond donors (Lipinski definition) is 2. The molecule has 3 N–H and O–H groups in total. The Bertz CT molecular complexity index is 352. The van der Waals surface area contributed by atoms with E-state index in [9.17, 15) is 4.79 Å². The summed E-state index contributed by atoms with van der Waals surface area (Å²) in [7, 11) is 0. The van der Waals surface area contributed by atoms with Crippen LogP contribution in [0.15, 0.2) is 18.2 Å². The van der Waals surface area contributed by atoms with Gasteiger partial charge < -0.3 is 11.1 Å². The first-order valence-corrected chi connectivity index (χ1v) is 4.70. The lowest BCUT2D eigenvalue weighted by Crippen LogP contribution is -2.32. The van der Waals surface area contributed by atoms with Gasteiger partial charge in [0.25, 0.3) is 0 Å². The summed E-state index contributed by atoms with van der Waals surface area (Å²) in [6.07, 6.45) is 0. The lowest BCUT2D eigenvalue weighted by Gasteiger charge is -2.12. The predicted molar refractivity (Wildman–Crippen MR) is 58.5 cm³/mol. The number of nitrogens with two attached hydrogens (primary N) is 1. The molecular weight excluding hydrogens is 200 g/mol. The van der Waals surface area contributed by atoms with Crippen molar-refractivity contribution in [3.8, 4) is 0 Å². The van der Waals surface area contributed by atoms with Crippen molar-refractivity contribution in [1.82, 2.24) is 0 Å². The van der Waals surface area contributed by atoms with E-state index in [0.29, 0.717) is 5.02 Å². The Morgan fingerprint density at radius 1 is 1.57 bits per heavy atom. The Morgan fingerprint density at radius 3 is 2.71 bits per heavy atom. The summed E-state index contributed by atoms with van der Waals surface area (Å²) < 4.78 is 0. The third-order valence-corrected chi connectivity index (χ3v) is 2.39. The van der Waals surface area contributed by atoms with Gasteiger partial charge in [0.1, 0.15) is 6.04 Å². The number of nitrogens with one attached hydrogen (secondary N) is 1. The molecular formula is C10H13ClN2O. The van der Waals surface area contributed by atoms with Gasteiger partial charge in [0.05, 0.1) is 0 Å². The van der Waals surface area contributed by atoms with Gasteiger partial charge in [-0.05, 0) is 31.5 Å². The second-order valence-corrected chi connectivity index (χ2v) is 3.64. The summed E-state index contributed by atoms with van der Waals surface area (Å²) in [5.41, 5.74) is 6.92. The third kappa shape index (κ3) is 2.64. The molecule has 0 spiro atoms. The van der Waals surface area contributed by atoms with Crippen LogP contribution >= 0.6 is 11.6 Å². The molecule has 3 nitrogen and oxygen atoms in total. The Balaban J connectivity index is 2.78. The zero-order chi connectivity index (χ0) is 10.7. The van der Waals surface area contributed by atoms with E-state index in [1.807, 2.05) is 19.1 Å². The van der Waals surface area contributed by atoms with Gasteiger partial charge in [0, 0.05) is 10.7 Å². The Labute approximate surface area is 88.2 Å². The number of carbonyl (C=O) groups excluding carboxylic acids is 1.